The molecule has 3 nitrogen and oxygen atoms in total. The number of carbonyl (C=O) groups excluding carboxylic acids is 1. The zero-order chi connectivity index (χ0) is 15.4. The number of anilines is 1. The lowest BCUT2D eigenvalue weighted by molar-refractivity contribution is 0.0752. The third kappa shape index (κ3) is 3.43. The Morgan fingerprint density at radius 3 is 2.43 bits per heavy atom. The fourth-order valence-electron chi connectivity index (χ4n) is 2.31. The highest BCUT2D eigenvalue weighted by Crippen LogP contribution is 2.17. The minimum absolute atomic E-state index is 0.0452. The lowest BCUT2D eigenvalue weighted by atomic mass is 10.1. The van der Waals surface area contributed by atoms with Crippen molar-refractivity contribution < 1.29 is 4.79 Å². The van der Waals surface area contributed by atoms with Crippen molar-refractivity contribution in [3.05, 3.63) is 64.7 Å². The summed E-state index contributed by atoms with van der Waals surface area (Å²) in [6, 6.07) is 13.6. The molecule has 0 saturated carbocycles. The molecule has 0 unspecified atom stereocenters. The number of nitrogen functional groups attached to an aromatic ring is 1. The molecule has 0 saturated heterocycles. The topological polar surface area (TPSA) is 46.3 Å². The van der Waals surface area contributed by atoms with Gasteiger partial charge in [0.15, 0.2) is 0 Å². The van der Waals surface area contributed by atoms with Gasteiger partial charge in [0.1, 0.15) is 0 Å². The molecule has 3 heteroatoms. The summed E-state index contributed by atoms with van der Waals surface area (Å²) in [5, 5.41) is 0. The van der Waals surface area contributed by atoms with Gasteiger partial charge in [-0.25, -0.2) is 0 Å². The summed E-state index contributed by atoms with van der Waals surface area (Å²) in [6.07, 6.45) is 0. The van der Waals surface area contributed by atoms with E-state index in [4.69, 9.17) is 5.73 Å². The molecule has 0 aliphatic heterocycles. The van der Waals surface area contributed by atoms with Crippen LogP contribution in [0.2, 0.25) is 0 Å². The molecule has 0 aliphatic rings. The lowest BCUT2D eigenvalue weighted by Gasteiger charge is -2.22. The zero-order valence-electron chi connectivity index (χ0n) is 12.9. The number of rotatable bonds is 4. The number of hydrogen-bond acceptors (Lipinski definition) is 2. The van der Waals surface area contributed by atoms with Gasteiger partial charge in [-0.05, 0) is 55.7 Å². The van der Waals surface area contributed by atoms with Crippen LogP contribution in [0.4, 0.5) is 5.69 Å². The van der Waals surface area contributed by atoms with Crippen LogP contribution in [0.5, 0.6) is 0 Å². The molecular formula is C18H22N2O. The van der Waals surface area contributed by atoms with Crippen molar-refractivity contribution in [2.45, 2.75) is 27.3 Å². The van der Waals surface area contributed by atoms with E-state index < -0.39 is 0 Å². The van der Waals surface area contributed by atoms with Gasteiger partial charge in [0.2, 0.25) is 0 Å². The molecule has 0 aromatic heterocycles. The van der Waals surface area contributed by atoms with Crippen molar-refractivity contribution >= 4 is 11.6 Å². The predicted octanol–water partition coefficient (Wildman–Crippen LogP) is 3.55. The van der Waals surface area contributed by atoms with Crippen LogP contribution in [0.1, 0.15) is 34.0 Å². The summed E-state index contributed by atoms with van der Waals surface area (Å²) in [7, 11) is 0. The molecule has 110 valence electrons. The summed E-state index contributed by atoms with van der Waals surface area (Å²) < 4.78 is 0. The first-order valence-electron chi connectivity index (χ1n) is 7.22. The van der Waals surface area contributed by atoms with Crippen LogP contribution in [0.3, 0.4) is 0 Å². The number of nitrogens with zero attached hydrogens (tertiary/aromatic N) is 1. The fourth-order valence-corrected chi connectivity index (χ4v) is 2.31. The van der Waals surface area contributed by atoms with E-state index in [1.165, 1.54) is 11.1 Å². The SMILES string of the molecule is CCN(Cc1ccccc1C)C(=O)c1ccc(N)c(C)c1. The molecule has 21 heavy (non-hydrogen) atoms. The molecule has 0 bridgehead atoms. The molecule has 2 aromatic carbocycles. The van der Waals surface area contributed by atoms with Crippen LogP contribution < -0.4 is 5.73 Å². The monoisotopic (exact) mass is 282 g/mol. The Hall–Kier alpha value is -2.29. The van der Waals surface area contributed by atoms with Crippen molar-refractivity contribution in [3.8, 4) is 0 Å². The summed E-state index contributed by atoms with van der Waals surface area (Å²) in [5.41, 5.74) is 10.5. The van der Waals surface area contributed by atoms with E-state index in [1.54, 1.807) is 12.1 Å². The van der Waals surface area contributed by atoms with Gasteiger partial charge in [-0.2, -0.15) is 0 Å². The highest BCUT2D eigenvalue weighted by molar-refractivity contribution is 5.94. The number of benzene rings is 2. The van der Waals surface area contributed by atoms with E-state index in [1.807, 2.05) is 36.9 Å². The standard InChI is InChI=1S/C18H22N2O/c1-4-20(12-16-8-6-5-7-13(16)2)18(21)15-9-10-17(19)14(3)11-15/h5-11H,4,12,19H2,1-3H3. The van der Waals surface area contributed by atoms with Gasteiger partial charge in [-0.1, -0.05) is 24.3 Å². The van der Waals surface area contributed by atoms with Crippen LogP contribution in [0.25, 0.3) is 0 Å². The smallest absolute Gasteiger partial charge is 0.254 e. The number of nitrogens with two attached hydrogens (primary N) is 1. The summed E-state index contributed by atoms with van der Waals surface area (Å²) in [5.74, 6) is 0.0452. The highest BCUT2D eigenvalue weighted by Gasteiger charge is 2.15. The maximum Gasteiger partial charge on any atom is 0.254 e. The molecule has 2 aromatic rings. The number of hydrogen-bond donors (Lipinski definition) is 1. The minimum Gasteiger partial charge on any atom is -0.399 e. The molecule has 0 heterocycles. The average molecular weight is 282 g/mol. The first-order valence-corrected chi connectivity index (χ1v) is 7.22. The van der Waals surface area contributed by atoms with Crippen LogP contribution in [0.15, 0.2) is 42.5 Å². The minimum atomic E-state index is 0.0452. The van der Waals surface area contributed by atoms with E-state index in [0.29, 0.717) is 24.3 Å². The molecule has 0 radical (unpaired) electrons. The average Bonchev–Trinajstić information content (AvgIpc) is 2.48. The Balaban J connectivity index is 2.22. The van der Waals surface area contributed by atoms with Crippen molar-refractivity contribution in [1.82, 2.24) is 4.90 Å². The van der Waals surface area contributed by atoms with Crippen molar-refractivity contribution in [1.29, 1.82) is 0 Å². The van der Waals surface area contributed by atoms with E-state index in [9.17, 15) is 4.79 Å². The maximum absolute atomic E-state index is 12.6. The normalized spacial score (nSPS) is 10.4. The fraction of sp³-hybridized carbons (Fsp3) is 0.278. The number of carbonyl (C=O) groups is 1. The van der Waals surface area contributed by atoms with Gasteiger partial charge in [0, 0.05) is 24.3 Å². The van der Waals surface area contributed by atoms with E-state index in [-0.39, 0.29) is 5.91 Å². The number of amides is 1. The predicted molar refractivity (Wildman–Crippen MR) is 87.2 cm³/mol. The van der Waals surface area contributed by atoms with Crippen molar-refractivity contribution in [2.24, 2.45) is 0 Å². The van der Waals surface area contributed by atoms with E-state index in [2.05, 4.69) is 19.1 Å². The molecule has 2 N–H and O–H groups in total. The van der Waals surface area contributed by atoms with Gasteiger partial charge in [0.25, 0.3) is 5.91 Å². The second-order valence-electron chi connectivity index (χ2n) is 5.32. The van der Waals surface area contributed by atoms with Crippen molar-refractivity contribution in [2.75, 3.05) is 12.3 Å². The molecule has 0 spiro atoms. The van der Waals surface area contributed by atoms with E-state index >= 15 is 0 Å². The van der Waals surface area contributed by atoms with E-state index in [0.717, 1.165) is 5.56 Å². The van der Waals surface area contributed by atoms with Crippen LogP contribution >= 0.6 is 0 Å². The van der Waals surface area contributed by atoms with Gasteiger partial charge in [-0.15, -0.1) is 0 Å². The Bertz CT molecular complexity index is 649. The quantitative estimate of drug-likeness (QED) is 0.872. The molecule has 1 amide bonds. The first-order chi connectivity index (χ1) is 10.0. The second-order valence-corrected chi connectivity index (χ2v) is 5.32. The lowest BCUT2D eigenvalue weighted by Crippen LogP contribution is -2.30. The molecule has 0 fully saturated rings. The molecule has 2 rings (SSSR count). The summed E-state index contributed by atoms with van der Waals surface area (Å²) in [4.78, 5) is 14.5. The summed E-state index contributed by atoms with van der Waals surface area (Å²) in [6.45, 7) is 7.30. The Morgan fingerprint density at radius 2 is 1.81 bits per heavy atom. The van der Waals surface area contributed by atoms with Gasteiger partial charge >= 0.3 is 0 Å². The summed E-state index contributed by atoms with van der Waals surface area (Å²) >= 11 is 0. The van der Waals surface area contributed by atoms with Crippen molar-refractivity contribution in [3.63, 3.8) is 0 Å². The largest absolute Gasteiger partial charge is 0.399 e. The van der Waals surface area contributed by atoms with Crippen LogP contribution in [-0.4, -0.2) is 17.4 Å². The van der Waals surface area contributed by atoms with Gasteiger partial charge in [-0.3, -0.25) is 4.79 Å². The third-order valence-corrected chi connectivity index (χ3v) is 3.81. The Kier molecular flexibility index (Phi) is 4.63. The van der Waals surface area contributed by atoms with Gasteiger partial charge < -0.3 is 10.6 Å². The highest BCUT2D eigenvalue weighted by atomic mass is 16.2. The molecular weight excluding hydrogens is 260 g/mol. The first kappa shape index (κ1) is 15.1. The van der Waals surface area contributed by atoms with Gasteiger partial charge in [0.05, 0.1) is 0 Å². The zero-order valence-corrected chi connectivity index (χ0v) is 12.9. The Labute approximate surface area is 126 Å². The maximum atomic E-state index is 12.6. The number of aryl methyl sites for hydroxylation is 2. The second kappa shape index (κ2) is 6.44. The molecule has 0 atom stereocenters. The Morgan fingerprint density at radius 1 is 1.10 bits per heavy atom. The van der Waals surface area contributed by atoms with Crippen LogP contribution in [0, 0.1) is 13.8 Å². The molecule has 0 aliphatic carbocycles. The van der Waals surface area contributed by atoms with Crippen LogP contribution in [-0.2, 0) is 6.54 Å². The third-order valence-electron chi connectivity index (χ3n) is 3.81.